The van der Waals surface area contributed by atoms with Crippen molar-refractivity contribution >= 4 is 23.4 Å². The van der Waals surface area contributed by atoms with Gasteiger partial charge in [0.15, 0.2) is 5.96 Å². The molecule has 24 heavy (non-hydrogen) atoms. The third-order valence-electron chi connectivity index (χ3n) is 4.67. The van der Waals surface area contributed by atoms with E-state index in [0.29, 0.717) is 23.6 Å². The molecule has 3 rings (SSSR count). The van der Waals surface area contributed by atoms with E-state index < -0.39 is 6.36 Å². The highest BCUT2D eigenvalue weighted by Crippen LogP contribution is 2.60. The van der Waals surface area contributed by atoms with E-state index >= 15 is 0 Å². The van der Waals surface area contributed by atoms with Crippen molar-refractivity contribution in [3.05, 3.63) is 24.3 Å². The Bertz CT molecular complexity index is 615. The van der Waals surface area contributed by atoms with Gasteiger partial charge in [0.2, 0.25) is 0 Å². The minimum atomic E-state index is -4.71. The van der Waals surface area contributed by atoms with Gasteiger partial charge in [0.05, 0.1) is 0 Å². The third kappa shape index (κ3) is 4.49. The Morgan fingerprint density at radius 3 is 2.83 bits per heavy atom. The third-order valence-corrected chi connectivity index (χ3v) is 5.66. The largest absolute Gasteiger partial charge is 0.573 e. The Morgan fingerprint density at radius 2 is 2.12 bits per heavy atom. The van der Waals surface area contributed by atoms with Crippen molar-refractivity contribution in [3.8, 4) is 5.75 Å². The van der Waals surface area contributed by atoms with Gasteiger partial charge >= 0.3 is 6.36 Å². The molecule has 2 aliphatic rings. The molecule has 1 atom stereocenters. The molecule has 1 aliphatic carbocycles. The average Bonchev–Trinajstić information content (AvgIpc) is 3.16. The van der Waals surface area contributed by atoms with Crippen LogP contribution in [0.3, 0.4) is 0 Å². The number of hydrogen-bond acceptors (Lipinski definition) is 3. The van der Waals surface area contributed by atoms with Crippen molar-refractivity contribution in [2.45, 2.75) is 25.6 Å². The fraction of sp³-hybridized carbons (Fsp3) is 0.562. The monoisotopic (exact) mass is 359 g/mol. The minimum Gasteiger partial charge on any atom is -0.406 e. The zero-order chi connectivity index (χ0) is 17.2. The van der Waals surface area contributed by atoms with E-state index in [4.69, 9.17) is 5.73 Å². The van der Waals surface area contributed by atoms with Crippen molar-refractivity contribution in [1.29, 1.82) is 0 Å². The predicted molar refractivity (Wildman–Crippen MR) is 90.3 cm³/mol. The number of nitrogens with two attached hydrogens (primary N) is 1. The lowest BCUT2D eigenvalue weighted by molar-refractivity contribution is -0.274. The molecule has 1 aromatic rings. The van der Waals surface area contributed by atoms with Crippen LogP contribution < -0.4 is 15.8 Å². The van der Waals surface area contributed by atoms with Gasteiger partial charge in [-0.25, -0.2) is 0 Å². The molecule has 1 aromatic carbocycles. The first-order chi connectivity index (χ1) is 11.4. The van der Waals surface area contributed by atoms with Gasteiger partial charge in [0.1, 0.15) is 5.75 Å². The number of nitrogens with zero attached hydrogens (tertiary/aromatic N) is 1. The Labute approximate surface area is 143 Å². The highest BCUT2D eigenvalue weighted by molar-refractivity contribution is 7.99. The molecule has 0 bridgehead atoms. The second-order valence-corrected chi connectivity index (χ2v) is 7.53. The summed E-state index contributed by atoms with van der Waals surface area (Å²) < 4.78 is 40.6. The van der Waals surface area contributed by atoms with Crippen LogP contribution in [0.5, 0.6) is 5.75 Å². The summed E-state index contributed by atoms with van der Waals surface area (Å²) in [6.07, 6.45) is -1.000. The maximum Gasteiger partial charge on any atom is 0.573 e. The molecule has 3 N–H and O–H groups in total. The van der Waals surface area contributed by atoms with Crippen molar-refractivity contribution in [3.63, 3.8) is 0 Å². The van der Waals surface area contributed by atoms with E-state index in [1.54, 1.807) is 6.07 Å². The molecule has 1 aliphatic heterocycles. The highest BCUT2D eigenvalue weighted by Gasteiger charge is 2.53. The predicted octanol–water partition coefficient (Wildman–Crippen LogP) is 3.85. The summed E-state index contributed by atoms with van der Waals surface area (Å²) in [5.74, 6) is 2.95. The lowest BCUT2D eigenvalue weighted by Crippen LogP contribution is -2.24. The first kappa shape index (κ1) is 17.3. The van der Waals surface area contributed by atoms with Gasteiger partial charge in [-0.05, 0) is 54.2 Å². The van der Waals surface area contributed by atoms with Crippen LogP contribution in [0.1, 0.15) is 19.3 Å². The number of thioether (sulfide) groups is 1. The first-order valence-electron chi connectivity index (χ1n) is 7.87. The SMILES string of the molecule is NC(=NCC1CC12CCSCC2)Nc1cccc(OC(F)(F)F)c1. The van der Waals surface area contributed by atoms with Crippen LogP contribution in [0.25, 0.3) is 0 Å². The van der Waals surface area contributed by atoms with Crippen LogP contribution in [0, 0.1) is 11.3 Å². The minimum absolute atomic E-state index is 0.214. The van der Waals surface area contributed by atoms with Crippen molar-refractivity contribution < 1.29 is 17.9 Å². The summed E-state index contributed by atoms with van der Waals surface area (Å²) in [5, 5.41) is 2.82. The zero-order valence-electron chi connectivity index (χ0n) is 13.1. The Kier molecular flexibility index (Phi) is 4.85. The summed E-state index contributed by atoms with van der Waals surface area (Å²) in [7, 11) is 0. The summed E-state index contributed by atoms with van der Waals surface area (Å²) in [5.41, 5.74) is 6.73. The second-order valence-electron chi connectivity index (χ2n) is 6.30. The van der Waals surface area contributed by atoms with Crippen molar-refractivity contribution in [2.75, 3.05) is 23.4 Å². The average molecular weight is 359 g/mol. The van der Waals surface area contributed by atoms with Crippen LogP contribution in [0.2, 0.25) is 0 Å². The molecular weight excluding hydrogens is 339 g/mol. The summed E-state index contributed by atoms with van der Waals surface area (Å²) in [6.45, 7) is 0.669. The number of nitrogens with one attached hydrogen (secondary N) is 1. The fourth-order valence-corrected chi connectivity index (χ4v) is 4.55. The lowest BCUT2D eigenvalue weighted by atomic mass is 9.96. The maximum atomic E-state index is 12.2. The molecule has 2 fully saturated rings. The summed E-state index contributed by atoms with van der Waals surface area (Å²) in [6, 6.07) is 5.56. The number of guanidine groups is 1. The van der Waals surface area contributed by atoms with Gasteiger partial charge in [0, 0.05) is 18.3 Å². The van der Waals surface area contributed by atoms with Gasteiger partial charge in [-0.15, -0.1) is 13.2 Å². The molecular formula is C16H20F3N3OS. The maximum absolute atomic E-state index is 12.2. The van der Waals surface area contributed by atoms with E-state index in [2.05, 4.69) is 15.0 Å². The fourth-order valence-electron chi connectivity index (χ4n) is 3.25. The quantitative estimate of drug-likeness (QED) is 0.633. The van der Waals surface area contributed by atoms with E-state index in [9.17, 15) is 13.2 Å². The molecule has 1 heterocycles. The Hall–Kier alpha value is -1.57. The second kappa shape index (κ2) is 6.74. The number of hydrogen-bond donors (Lipinski definition) is 2. The van der Waals surface area contributed by atoms with Crippen LogP contribution in [0.15, 0.2) is 29.3 Å². The topological polar surface area (TPSA) is 59.6 Å². The van der Waals surface area contributed by atoms with Gasteiger partial charge in [-0.2, -0.15) is 11.8 Å². The molecule has 132 valence electrons. The number of benzene rings is 1. The number of rotatable bonds is 4. The lowest BCUT2D eigenvalue weighted by Gasteiger charge is -2.21. The Balaban J connectivity index is 1.53. The molecule has 0 radical (unpaired) electrons. The zero-order valence-corrected chi connectivity index (χ0v) is 13.9. The number of anilines is 1. The number of alkyl halides is 3. The van der Waals surface area contributed by atoms with Crippen LogP contribution in [-0.2, 0) is 0 Å². The number of halogens is 3. The van der Waals surface area contributed by atoms with Gasteiger partial charge in [-0.1, -0.05) is 6.07 Å². The van der Waals surface area contributed by atoms with Crippen molar-refractivity contribution in [1.82, 2.24) is 0 Å². The Morgan fingerprint density at radius 1 is 1.38 bits per heavy atom. The standard InChI is InChI=1S/C16H20F3N3OS/c17-16(18,19)23-13-3-1-2-12(8-13)22-14(20)21-10-11-9-15(11)4-6-24-7-5-15/h1-3,8,11H,4-7,9-10H2,(H3,20,21,22). The van der Waals surface area contributed by atoms with E-state index in [1.807, 2.05) is 11.8 Å². The molecule has 1 unspecified atom stereocenters. The number of aliphatic imine (C=N–C) groups is 1. The normalized spacial score (nSPS) is 23.1. The van der Waals surface area contributed by atoms with Crippen LogP contribution >= 0.6 is 11.8 Å². The summed E-state index contributed by atoms with van der Waals surface area (Å²) in [4.78, 5) is 4.35. The van der Waals surface area contributed by atoms with Crippen molar-refractivity contribution in [2.24, 2.45) is 22.1 Å². The van der Waals surface area contributed by atoms with Crippen LogP contribution in [-0.4, -0.2) is 30.4 Å². The van der Waals surface area contributed by atoms with E-state index in [0.717, 1.165) is 0 Å². The van der Waals surface area contributed by atoms with Crippen LogP contribution in [0.4, 0.5) is 18.9 Å². The molecule has 1 saturated carbocycles. The van der Waals surface area contributed by atoms with Gasteiger partial charge in [0.25, 0.3) is 0 Å². The molecule has 1 spiro atoms. The van der Waals surface area contributed by atoms with E-state index in [1.165, 1.54) is 49.0 Å². The molecule has 1 saturated heterocycles. The smallest absolute Gasteiger partial charge is 0.406 e. The molecule has 0 aromatic heterocycles. The molecule has 0 amide bonds. The van der Waals surface area contributed by atoms with E-state index in [-0.39, 0.29) is 11.7 Å². The first-order valence-corrected chi connectivity index (χ1v) is 9.02. The highest BCUT2D eigenvalue weighted by atomic mass is 32.2. The van der Waals surface area contributed by atoms with Gasteiger partial charge in [-0.3, -0.25) is 4.99 Å². The molecule has 4 nitrogen and oxygen atoms in total. The van der Waals surface area contributed by atoms with Gasteiger partial charge < -0.3 is 15.8 Å². The molecule has 8 heteroatoms. The number of ether oxygens (including phenoxy) is 1. The summed E-state index contributed by atoms with van der Waals surface area (Å²) >= 11 is 2.01.